The van der Waals surface area contributed by atoms with Crippen LogP contribution in [-0.4, -0.2) is 41.8 Å². The van der Waals surface area contributed by atoms with Crippen LogP contribution in [0.2, 0.25) is 0 Å². The second-order valence-corrected chi connectivity index (χ2v) is 5.86. The number of carboxylic acids is 1. The summed E-state index contributed by atoms with van der Waals surface area (Å²) in [7, 11) is 0. The molecule has 2 heterocycles. The Kier molecular flexibility index (Phi) is 5.51. The number of piperazine rings is 1. The van der Waals surface area contributed by atoms with E-state index in [4.69, 9.17) is 0 Å². The molecule has 2 N–H and O–H groups in total. The van der Waals surface area contributed by atoms with Gasteiger partial charge in [0, 0.05) is 50.0 Å². The summed E-state index contributed by atoms with van der Waals surface area (Å²) in [5.41, 5.74) is 2.33. The predicted octanol–water partition coefficient (Wildman–Crippen LogP) is 1.86. The normalized spacial score (nSPS) is 14.5. The predicted molar refractivity (Wildman–Crippen MR) is 97.9 cm³/mol. The first-order valence-electron chi connectivity index (χ1n) is 7.89. The average molecular weight is 352 g/mol. The van der Waals surface area contributed by atoms with Crippen molar-refractivity contribution in [2.24, 2.45) is 0 Å². The third kappa shape index (κ3) is 3.12. The average Bonchev–Trinajstić information content (AvgIpc) is 2.55. The molecule has 2 aromatic rings. The number of aromatic carboxylic acids is 1. The van der Waals surface area contributed by atoms with Gasteiger partial charge in [-0.1, -0.05) is 0 Å². The van der Waals surface area contributed by atoms with Gasteiger partial charge in [-0.3, -0.25) is 4.79 Å². The van der Waals surface area contributed by atoms with Gasteiger partial charge >= 0.3 is 5.97 Å². The van der Waals surface area contributed by atoms with Gasteiger partial charge in [0.2, 0.25) is 5.43 Å². The molecule has 1 aliphatic rings. The van der Waals surface area contributed by atoms with Crippen LogP contribution < -0.4 is 15.6 Å². The van der Waals surface area contributed by atoms with Crippen molar-refractivity contribution in [1.29, 1.82) is 0 Å². The van der Waals surface area contributed by atoms with Crippen LogP contribution in [0.3, 0.4) is 0 Å². The Hall–Kier alpha value is -2.05. The smallest absolute Gasteiger partial charge is 0.341 e. The molecule has 130 valence electrons. The summed E-state index contributed by atoms with van der Waals surface area (Å²) in [6.45, 7) is 8.26. The van der Waals surface area contributed by atoms with Crippen LogP contribution >= 0.6 is 12.4 Å². The molecule has 0 spiro atoms. The van der Waals surface area contributed by atoms with E-state index in [9.17, 15) is 14.7 Å². The van der Waals surface area contributed by atoms with Crippen molar-refractivity contribution in [1.82, 2.24) is 9.88 Å². The number of carboxylic acid groups (broad SMARTS) is 1. The molecule has 24 heavy (non-hydrogen) atoms. The number of aryl methyl sites for hydroxylation is 2. The lowest BCUT2D eigenvalue weighted by Crippen LogP contribution is -2.43. The Morgan fingerprint density at radius 1 is 1.29 bits per heavy atom. The minimum atomic E-state index is -1.18. The van der Waals surface area contributed by atoms with Crippen molar-refractivity contribution in [3.63, 3.8) is 0 Å². The van der Waals surface area contributed by atoms with E-state index in [-0.39, 0.29) is 18.0 Å². The van der Waals surface area contributed by atoms with Gasteiger partial charge in [-0.2, -0.15) is 0 Å². The molecule has 1 saturated heterocycles. The number of nitrogens with one attached hydrogen (secondary N) is 1. The first-order valence-corrected chi connectivity index (χ1v) is 7.89. The zero-order valence-corrected chi connectivity index (χ0v) is 14.7. The summed E-state index contributed by atoms with van der Waals surface area (Å²) in [6, 6.07) is 3.85. The molecule has 0 atom stereocenters. The maximum absolute atomic E-state index is 12.5. The lowest BCUT2D eigenvalue weighted by atomic mass is 10.1. The van der Waals surface area contributed by atoms with Crippen LogP contribution in [0.15, 0.2) is 23.1 Å². The van der Waals surface area contributed by atoms with Crippen LogP contribution in [0.5, 0.6) is 0 Å². The molecule has 3 rings (SSSR count). The summed E-state index contributed by atoms with van der Waals surface area (Å²) in [5.74, 6) is -1.18. The largest absolute Gasteiger partial charge is 0.477 e. The summed E-state index contributed by atoms with van der Waals surface area (Å²) in [6.07, 6.45) is 1.45. The maximum Gasteiger partial charge on any atom is 0.341 e. The molecular weight excluding hydrogens is 330 g/mol. The van der Waals surface area contributed by atoms with Gasteiger partial charge in [0.05, 0.1) is 5.52 Å². The molecule has 1 fully saturated rings. The van der Waals surface area contributed by atoms with E-state index < -0.39 is 11.4 Å². The van der Waals surface area contributed by atoms with Gasteiger partial charge in [-0.25, -0.2) is 4.79 Å². The molecule has 1 aromatic heterocycles. The summed E-state index contributed by atoms with van der Waals surface area (Å²) in [4.78, 5) is 26.1. The number of pyridine rings is 1. The number of nitrogens with zero attached hydrogens (tertiary/aromatic N) is 2. The Balaban J connectivity index is 0.00000208. The highest BCUT2D eigenvalue weighted by Gasteiger charge is 2.18. The van der Waals surface area contributed by atoms with Crippen LogP contribution in [0.25, 0.3) is 10.9 Å². The highest BCUT2D eigenvalue weighted by Crippen LogP contribution is 2.26. The quantitative estimate of drug-likeness (QED) is 0.883. The van der Waals surface area contributed by atoms with E-state index in [1.54, 1.807) is 0 Å². The minimum Gasteiger partial charge on any atom is -0.477 e. The second-order valence-electron chi connectivity index (χ2n) is 5.86. The molecule has 0 aliphatic carbocycles. The lowest BCUT2D eigenvalue weighted by Gasteiger charge is -2.31. The highest BCUT2D eigenvalue weighted by molar-refractivity contribution is 5.94. The Morgan fingerprint density at radius 2 is 1.96 bits per heavy atom. The first kappa shape index (κ1) is 18.3. The van der Waals surface area contributed by atoms with Crippen molar-refractivity contribution in [3.05, 3.63) is 39.7 Å². The van der Waals surface area contributed by atoms with Crippen molar-refractivity contribution >= 4 is 35.0 Å². The summed E-state index contributed by atoms with van der Waals surface area (Å²) in [5, 5.41) is 13.1. The van der Waals surface area contributed by atoms with Crippen LogP contribution in [0.1, 0.15) is 22.8 Å². The SMILES string of the molecule is CCn1cc(C(=O)O)c(=O)c2cc(C)c(N3CCNCC3)cc21.Cl. The zero-order valence-electron chi connectivity index (χ0n) is 13.8. The maximum atomic E-state index is 12.5. The molecule has 6 nitrogen and oxygen atoms in total. The minimum absolute atomic E-state index is 0. The topological polar surface area (TPSA) is 74.6 Å². The number of benzene rings is 1. The van der Waals surface area contributed by atoms with Gasteiger partial charge in [0.1, 0.15) is 5.56 Å². The van der Waals surface area contributed by atoms with Crippen LogP contribution in [0, 0.1) is 6.92 Å². The summed E-state index contributed by atoms with van der Waals surface area (Å²) >= 11 is 0. The first-order chi connectivity index (χ1) is 11.0. The van der Waals surface area contributed by atoms with Crippen molar-refractivity contribution in [2.45, 2.75) is 20.4 Å². The number of carbonyl (C=O) groups is 1. The third-order valence-electron chi connectivity index (χ3n) is 4.43. The Bertz CT molecular complexity index is 826. The zero-order chi connectivity index (χ0) is 16.6. The monoisotopic (exact) mass is 351 g/mol. The molecule has 1 aliphatic heterocycles. The fraction of sp³-hybridized carbons (Fsp3) is 0.412. The van der Waals surface area contributed by atoms with Crippen LogP contribution in [0.4, 0.5) is 5.69 Å². The molecular formula is C17H22ClN3O3. The van der Waals surface area contributed by atoms with Crippen molar-refractivity contribution in [3.8, 4) is 0 Å². The number of aromatic nitrogens is 1. The number of hydrogen-bond acceptors (Lipinski definition) is 4. The fourth-order valence-corrected chi connectivity index (χ4v) is 3.19. The van der Waals surface area contributed by atoms with E-state index in [2.05, 4.69) is 10.2 Å². The number of rotatable bonds is 3. The third-order valence-corrected chi connectivity index (χ3v) is 4.43. The highest BCUT2D eigenvalue weighted by atomic mass is 35.5. The molecule has 0 saturated carbocycles. The molecule has 7 heteroatoms. The van der Waals surface area contributed by atoms with E-state index in [1.165, 1.54) is 6.20 Å². The molecule has 0 radical (unpaired) electrons. The van der Waals surface area contributed by atoms with Gasteiger partial charge < -0.3 is 19.9 Å². The molecule has 1 aromatic carbocycles. The molecule has 0 unspecified atom stereocenters. The van der Waals surface area contributed by atoms with Gasteiger partial charge in [-0.15, -0.1) is 12.4 Å². The van der Waals surface area contributed by atoms with E-state index in [0.29, 0.717) is 11.9 Å². The van der Waals surface area contributed by atoms with Gasteiger partial charge in [-0.05, 0) is 31.5 Å². The van der Waals surface area contributed by atoms with Crippen molar-refractivity contribution in [2.75, 3.05) is 31.1 Å². The molecule has 0 bridgehead atoms. The number of fused-ring (bicyclic) bond motifs is 1. The van der Waals surface area contributed by atoms with E-state index >= 15 is 0 Å². The van der Waals surface area contributed by atoms with Gasteiger partial charge in [0.15, 0.2) is 0 Å². The van der Waals surface area contributed by atoms with Crippen molar-refractivity contribution < 1.29 is 9.90 Å². The number of hydrogen-bond donors (Lipinski definition) is 2. The van der Waals surface area contributed by atoms with Crippen LogP contribution in [-0.2, 0) is 6.54 Å². The molecule has 0 amide bonds. The standard InChI is InChI=1S/C17H21N3O3.ClH/c1-3-19-10-13(17(22)23)16(21)12-8-11(2)14(9-15(12)19)20-6-4-18-5-7-20;/h8-10,18H,3-7H2,1-2H3,(H,22,23);1H. The van der Waals surface area contributed by atoms with Gasteiger partial charge in [0.25, 0.3) is 0 Å². The van der Waals surface area contributed by atoms with E-state index in [0.717, 1.165) is 42.9 Å². The number of anilines is 1. The summed E-state index contributed by atoms with van der Waals surface area (Å²) < 4.78 is 1.84. The lowest BCUT2D eigenvalue weighted by molar-refractivity contribution is 0.0695. The second kappa shape index (κ2) is 7.23. The Labute approximate surface area is 146 Å². The van der Waals surface area contributed by atoms with E-state index in [1.807, 2.05) is 30.5 Å². The fourth-order valence-electron chi connectivity index (χ4n) is 3.19. The Morgan fingerprint density at radius 3 is 2.54 bits per heavy atom. The number of halogens is 1.